The number of rotatable bonds is 5. The maximum atomic E-state index is 16.8. The topological polar surface area (TPSA) is 118 Å². The van der Waals surface area contributed by atoms with Gasteiger partial charge in [-0.3, -0.25) is 14.6 Å². The van der Waals surface area contributed by atoms with E-state index in [1.54, 1.807) is 13.0 Å². The molecular formula is C33H33F3N8O2. The highest BCUT2D eigenvalue weighted by Gasteiger charge is 2.49. The van der Waals surface area contributed by atoms with Crippen LogP contribution in [0.5, 0.6) is 11.8 Å². The van der Waals surface area contributed by atoms with Crippen molar-refractivity contribution in [1.82, 2.24) is 29.6 Å². The predicted octanol–water partition coefficient (Wildman–Crippen LogP) is 5.28. The zero-order chi connectivity index (χ0) is 31.7. The van der Waals surface area contributed by atoms with E-state index in [-0.39, 0.29) is 35.1 Å². The third kappa shape index (κ3) is 4.67. The SMILES string of the molecule is Cc1c(F)ccc2cc(O)cc(-c3ncc4c(N5CCCn6nc(N)cc6C5)nc(OC[C@@]56CCCN5C[C@H](F)C6)nc4c3F)c12. The van der Waals surface area contributed by atoms with Crippen LogP contribution in [0.1, 0.15) is 36.9 Å². The second kappa shape index (κ2) is 10.7. The normalized spacial score (nSPS) is 21.6. The first-order valence-electron chi connectivity index (χ1n) is 15.6. The van der Waals surface area contributed by atoms with Gasteiger partial charge in [0.2, 0.25) is 0 Å². The molecule has 2 saturated heterocycles. The molecule has 2 atom stereocenters. The number of nitrogen functional groups attached to an aromatic ring is 1. The van der Waals surface area contributed by atoms with Crippen molar-refractivity contribution in [2.45, 2.75) is 57.4 Å². The summed E-state index contributed by atoms with van der Waals surface area (Å²) in [6.07, 6.45) is 3.44. The lowest BCUT2D eigenvalue weighted by Crippen LogP contribution is -2.43. The van der Waals surface area contributed by atoms with Crippen molar-refractivity contribution in [3.8, 4) is 23.0 Å². The largest absolute Gasteiger partial charge is 0.508 e. The van der Waals surface area contributed by atoms with Crippen LogP contribution in [0.3, 0.4) is 0 Å². The number of anilines is 2. The van der Waals surface area contributed by atoms with Crippen LogP contribution in [0.25, 0.3) is 32.9 Å². The number of aryl methyl sites for hydroxylation is 2. The van der Waals surface area contributed by atoms with Gasteiger partial charge in [0.25, 0.3) is 0 Å². The molecule has 238 valence electrons. The fourth-order valence-corrected chi connectivity index (χ4v) is 7.62. The van der Waals surface area contributed by atoms with E-state index < -0.39 is 23.3 Å². The van der Waals surface area contributed by atoms with Crippen LogP contribution < -0.4 is 15.4 Å². The molecule has 10 nitrogen and oxygen atoms in total. The number of fused-ring (bicyclic) bond motifs is 4. The Balaban J connectivity index is 1.28. The Labute approximate surface area is 262 Å². The summed E-state index contributed by atoms with van der Waals surface area (Å²) in [5.74, 6) is -0.463. The maximum Gasteiger partial charge on any atom is 0.319 e. The van der Waals surface area contributed by atoms with E-state index in [0.29, 0.717) is 66.0 Å². The highest BCUT2D eigenvalue weighted by atomic mass is 19.1. The van der Waals surface area contributed by atoms with Gasteiger partial charge in [-0.1, -0.05) is 6.07 Å². The first kappa shape index (κ1) is 28.8. The van der Waals surface area contributed by atoms with Gasteiger partial charge in [0, 0.05) is 43.9 Å². The molecule has 0 amide bonds. The summed E-state index contributed by atoms with van der Waals surface area (Å²) in [6, 6.07) is 7.53. The quantitative estimate of drug-likeness (QED) is 0.267. The average Bonchev–Trinajstić information content (AvgIpc) is 3.63. The Morgan fingerprint density at radius 1 is 1.11 bits per heavy atom. The molecule has 5 aromatic rings. The molecule has 3 aromatic heterocycles. The number of nitrogens with zero attached hydrogens (tertiary/aromatic N) is 7. The number of halogens is 3. The minimum absolute atomic E-state index is 0.0246. The van der Waals surface area contributed by atoms with Gasteiger partial charge in [-0.15, -0.1) is 0 Å². The molecule has 0 spiro atoms. The van der Waals surface area contributed by atoms with E-state index in [1.807, 2.05) is 15.6 Å². The number of hydrogen-bond acceptors (Lipinski definition) is 9. The zero-order valence-electron chi connectivity index (χ0n) is 25.3. The average molecular weight is 631 g/mol. The first-order valence-corrected chi connectivity index (χ1v) is 15.6. The number of aromatic hydroxyl groups is 1. The zero-order valence-corrected chi connectivity index (χ0v) is 25.3. The van der Waals surface area contributed by atoms with E-state index >= 15 is 4.39 Å². The van der Waals surface area contributed by atoms with Crippen LogP contribution in [0.4, 0.5) is 24.8 Å². The molecule has 3 aliphatic heterocycles. The number of alkyl halides is 1. The van der Waals surface area contributed by atoms with Crippen LogP contribution in [0.15, 0.2) is 36.5 Å². The van der Waals surface area contributed by atoms with Crippen LogP contribution in [0, 0.1) is 18.6 Å². The minimum atomic E-state index is -0.928. The smallest absolute Gasteiger partial charge is 0.319 e. The molecule has 0 saturated carbocycles. The van der Waals surface area contributed by atoms with Gasteiger partial charge in [0.1, 0.15) is 47.2 Å². The Morgan fingerprint density at radius 2 is 1.98 bits per heavy atom. The number of pyridine rings is 1. The fourth-order valence-electron chi connectivity index (χ4n) is 7.62. The lowest BCUT2D eigenvalue weighted by atomic mass is 9.95. The Kier molecular flexibility index (Phi) is 6.71. The van der Waals surface area contributed by atoms with E-state index in [1.165, 1.54) is 24.4 Å². The fraction of sp³-hybridized carbons (Fsp3) is 0.394. The molecule has 13 heteroatoms. The van der Waals surface area contributed by atoms with Gasteiger partial charge >= 0.3 is 6.01 Å². The van der Waals surface area contributed by atoms with E-state index in [9.17, 15) is 13.9 Å². The van der Waals surface area contributed by atoms with Crippen LogP contribution >= 0.6 is 0 Å². The maximum absolute atomic E-state index is 16.8. The number of phenols is 1. The van der Waals surface area contributed by atoms with Gasteiger partial charge < -0.3 is 20.5 Å². The first-order chi connectivity index (χ1) is 22.2. The number of phenolic OH excluding ortho intramolecular Hbond substituents is 1. The summed E-state index contributed by atoms with van der Waals surface area (Å²) in [6.45, 7) is 4.63. The molecule has 3 N–H and O–H groups in total. The number of aromatic nitrogens is 5. The van der Waals surface area contributed by atoms with Crippen molar-refractivity contribution in [1.29, 1.82) is 0 Å². The lowest BCUT2D eigenvalue weighted by molar-refractivity contribution is 0.107. The second-order valence-electron chi connectivity index (χ2n) is 12.7. The summed E-state index contributed by atoms with van der Waals surface area (Å²) in [7, 11) is 0. The second-order valence-corrected chi connectivity index (χ2v) is 12.7. The molecule has 0 unspecified atom stereocenters. The van der Waals surface area contributed by atoms with Crippen molar-refractivity contribution in [2.24, 2.45) is 0 Å². The van der Waals surface area contributed by atoms with E-state index in [2.05, 4.69) is 20.0 Å². The van der Waals surface area contributed by atoms with Crippen molar-refractivity contribution < 1.29 is 23.0 Å². The third-order valence-corrected chi connectivity index (χ3v) is 9.76. The molecule has 2 aromatic carbocycles. The van der Waals surface area contributed by atoms with Crippen molar-refractivity contribution in [3.05, 3.63) is 59.4 Å². The van der Waals surface area contributed by atoms with Gasteiger partial charge in [-0.05, 0) is 67.3 Å². The third-order valence-electron chi connectivity index (χ3n) is 9.76. The highest BCUT2D eigenvalue weighted by Crippen LogP contribution is 2.42. The number of hydrogen-bond donors (Lipinski definition) is 2. The molecule has 3 aliphatic rings. The van der Waals surface area contributed by atoms with Crippen molar-refractivity contribution >= 4 is 33.3 Å². The molecule has 8 rings (SSSR count). The van der Waals surface area contributed by atoms with Crippen LogP contribution in [-0.2, 0) is 13.1 Å². The molecule has 0 radical (unpaired) electrons. The number of ether oxygens (including phenoxy) is 1. The standard InChI is InChI=1S/C33H33F3N8O2/c1-18-25(35)5-4-19-10-22(45)12-23(27(18)19)29-28(36)30-24(14-38-29)31(42-7-3-9-44-21(16-42)11-26(37)41-44)40-32(39-30)46-17-33-6-2-8-43(33)15-20(34)13-33/h4-5,10-12,14,20,45H,2-3,6-9,13,15-17H2,1H3,(H2,37,41)/t20-,33+/m1/s1. The van der Waals surface area contributed by atoms with Gasteiger partial charge in [0.15, 0.2) is 5.82 Å². The summed E-state index contributed by atoms with van der Waals surface area (Å²) in [5, 5.41) is 16.3. The summed E-state index contributed by atoms with van der Waals surface area (Å²) < 4.78 is 54.1. The molecule has 0 bridgehead atoms. The monoisotopic (exact) mass is 630 g/mol. The van der Waals surface area contributed by atoms with Gasteiger partial charge in [-0.25, -0.2) is 13.2 Å². The lowest BCUT2D eigenvalue weighted by Gasteiger charge is -2.31. The van der Waals surface area contributed by atoms with Crippen molar-refractivity contribution in [2.75, 3.05) is 36.9 Å². The summed E-state index contributed by atoms with van der Waals surface area (Å²) in [5.41, 5.74) is 6.87. The summed E-state index contributed by atoms with van der Waals surface area (Å²) in [4.78, 5) is 18.0. The molecule has 2 fully saturated rings. The Hall–Kier alpha value is -4.65. The molecule has 6 heterocycles. The van der Waals surface area contributed by atoms with Crippen LogP contribution in [0.2, 0.25) is 0 Å². The van der Waals surface area contributed by atoms with E-state index in [0.717, 1.165) is 31.5 Å². The highest BCUT2D eigenvalue weighted by molar-refractivity contribution is 6.01. The molecule has 46 heavy (non-hydrogen) atoms. The Morgan fingerprint density at radius 3 is 2.85 bits per heavy atom. The molecular weight excluding hydrogens is 597 g/mol. The number of benzene rings is 2. The summed E-state index contributed by atoms with van der Waals surface area (Å²) >= 11 is 0. The van der Waals surface area contributed by atoms with E-state index in [4.69, 9.17) is 15.5 Å². The van der Waals surface area contributed by atoms with Crippen molar-refractivity contribution in [3.63, 3.8) is 0 Å². The molecule has 0 aliphatic carbocycles. The van der Waals surface area contributed by atoms with Gasteiger partial charge in [-0.2, -0.15) is 15.1 Å². The Bertz CT molecular complexity index is 2020. The van der Waals surface area contributed by atoms with Gasteiger partial charge in [0.05, 0.1) is 23.2 Å². The van der Waals surface area contributed by atoms with Crippen LogP contribution in [-0.4, -0.2) is 72.7 Å². The number of nitrogens with two attached hydrogens (primary N) is 1. The predicted molar refractivity (Wildman–Crippen MR) is 167 cm³/mol. The minimum Gasteiger partial charge on any atom is -0.508 e.